The third kappa shape index (κ3) is 4.49. The Morgan fingerprint density at radius 3 is 2.52 bits per heavy atom. The zero-order valence-corrected chi connectivity index (χ0v) is 17.1. The fourth-order valence-electron chi connectivity index (χ4n) is 4.41. The molecular weight excluding hydrogens is 377 g/mol. The summed E-state index contributed by atoms with van der Waals surface area (Å²) in [7, 11) is 0. The fraction of sp³-hybridized carbons (Fsp3) is 0.455. The maximum absolute atomic E-state index is 6.28. The third-order valence-corrected chi connectivity index (χ3v) is 6.60. The van der Waals surface area contributed by atoms with Crippen molar-refractivity contribution in [3.8, 4) is 0 Å². The minimum Gasteiger partial charge on any atom is -0.314 e. The van der Waals surface area contributed by atoms with Gasteiger partial charge in [0.25, 0.3) is 0 Å². The molecule has 1 saturated heterocycles. The van der Waals surface area contributed by atoms with E-state index in [1.54, 1.807) is 0 Å². The van der Waals surface area contributed by atoms with E-state index >= 15 is 0 Å². The maximum atomic E-state index is 6.28. The van der Waals surface area contributed by atoms with Crippen molar-refractivity contribution in [1.29, 1.82) is 0 Å². The second kappa shape index (κ2) is 8.93. The molecule has 2 aromatic rings. The van der Waals surface area contributed by atoms with Gasteiger partial charge in [-0.2, -0.15) is 0 Å². The Kier molecular flexibility index (Phi) is 6.36. The van der Waals surface area contributed by atoms with Gasteiger partial charge in [-0.15, -0.1) is 0 Å². The van der Waals surface area contributed by atoms with Gasteiger partial charge in [0.15, 0.2) is 0 Å². The van der Waals surface area contributed by atoms with Gasteiger partial charge in [-0.1, -0.05) is 53.5 Å². The Balaban J connectivity index is 1.46. The standard InChI is InChI=1S/C22H27Cl2N3/c23-20-7-5-16(15-21(20)24)17-6-8-22(19-4-2-1-3-18(17)19)26-11-14-27-12-9-25-10-13-27/h1-5,7,15,17,22,25-26H,6,8-14H2/t17-,22+/m0/s1. The summed E-state index contributed by atoms with van der Waals surface area (Å²) in [6, 6.07) is 15.3. The molecule has 3 nitrogen and oxygen atoms in total. The summed E-state index contributed by atoms with van der Waals surface area (Å²) in [5.74, 6) is 0.391. The topological polar surface area (TPSA) is 27.3 Å². The van der Waals surface area contributed by atoms with Crippen molar-refractivity contribution in [3.63, 3.8) is 0 Å². The molecule has 1 aliphatic carbocycles. The second-order valence-corrected chi connectivity index (χ2v) is 8.35. The van der Waals surface area contributed by atoms with Crippen LogP contribution < -0.4 is 10.6 Å². The molecule has 1 heterocycles. The molecule has 0 saturated carbocycles. The molecule has 0 radical (unpaired) electrons. The van der Waals surface area contributed by atoms with E-state index < -0.39 is 0 Å². The molecule has 0 spiro atoms. The molecule has 0 aromatic heterocycles. The molecule has 5 heteroatoms. The van der Waals surface area contributed by atoms with Gasteiger partial charge >= 0.3 is 0 Å². The first kappa shape index (κ1) is 19.2. The van der Waals surface area contributed by atoms with Crippen LogP contribution in [0.3, 0.4) is 0 Å². The smallest absolute Gasteiger partial charge is 0.0595 e. The number of fused-ring (bicyclic) bond motifs is 1. The minimum atomic E-state index is 0.391. The average molecular weight is 404 g/mol. The lowest BCUT2D eigenvalue weighted by atomic mass is 9.77. The van der Waals surface area contributed by atoms with Crippen LogP contribution in [0.5, 0.6) is 0 Å². The van der Waals surface area contributed by atoms with Crippen LogP contribution in [0.2, 0.25) is 10.0 Å². The number of hydrogen-bond donors (Lipinski definition) is 2. The van der Waals surface area contributed by atoms with Crippen LogP contribution in [0.15, 0.2) is 42.5 Å². The highest BCUT2D eigenvalue weighted by molar-refractivity contribution is 6.42. The molecule has 0 bridgehead atoms. The van der Waals surface area contributed by atoms with Crippen LogP contribution in [-0.4, -0.2) is 44.2 Å². The first-order valence-electron chi connectivity index (χ1n) is 9.92. The number of benzene rings is 2. The van der Waals surface area contributed by atoms with E-state index in [2.05, 4.69) is 45.9 Å². The molecule has 2 aromatic carbocycles. The number of nitrogens with zero attached hydrogens (tertiary/aromatic N) is 1. The molecular formula is C22H27Cl2N3. The average Bonchev–Trinajstić information content (AvgIpc) is 2.71. The van der Waals surface area contributed by atoms with Crippen molar-refractivity contribution in [1.82, 2.24) is 15.5 Å². The van der Waals surface area contributed by atoms with Gasteiger partial charge in [0, 0.05) is 51.2 Å². The Labute approximate surface area is 172 Å². The molecule has 2 aliphatic rings. The van der Waals surface area contributed by atoms with Gasteiger partial charge < -0.3 is 10.6 Å². The highest BCUT2D eigenvalue weighted by Crippen LogP contribution is 2.42. The zero-order valence-electron chi connectivity index (χ0n) is 15.6. The summed E-state index contributed by atoms with van der Waals surface area (Å²) >= 11 is 12.4. The summed E-state index contributed by atoms with van der Waals surface area (Å²) in [4.78, 5) is 2.54. The van der Waals surface area contributed by atoms with Crippen molar-refractivity contribution < 1.29 is 0 Å². The number of rotatable bonds is 5. The second-order valence-electron chi connectivity index (χ2n) is 7.53. The van der Waals surface area contributed by atoms with E-state index in [-0.39, 0.29) is 0 Å². The molecule has 144 valence electrons. The molecule has 2 atom stereocenters. The molecule has 27 heavy (non-hydrogen) atoms. The highest BCUT2D eigenvalue weighted by Gasteiger charge is 2.28. The van der Waals surface area contributed by atoms with Crippen LogP contribution in [0.25, 0.3) is 0 Å². The summed E-state index contributed by atoms with van der Waals surface area (Å²) < 4.78 is 0. The molecule has 1 aliphatic heterocycles. The largest absolute Gasteiger partial charge is 0.314 e. The minimum absolute atomic E-state index is 0.391. The molecule has 4 rings (SSSR count). The lowest BCUT2D eigenvalue weighted by molar-refractivity contribution is 0.236. The van der Waals surface area contributed by atoms with Gasteiger partial charge in [-0.3, -0.25) is 4.90 Å². The predicted octanol–water partition coefficient (Wildman–Crippen LogP) is 4.46. The van der Waals surface area contributed by atoms with Crippen LogP contribution in [0.1, 0.15) is 41.5 Å². The highest BCUT2D eigenvalue weighted by atomic mass is 35.5. The lowest BCUT2D eigenvalue weighted by Crippen LogP contribution is -2.46. The van der Waals surface area contributed by atoms with E-state index in [1.807, 2.05) is 12.1 Å². The van der Waals surface area contributed by atoms with E-state index in [1.165, 1.54) is 16.7 Å². The number of piperazine rings is 1. The van der Waals surface area contributed by atoms with Gasteiger partial charge in [0.2, 0.25) is 0 Å². The molecule has 1 fully saturated rings. The summed E-state index contributed by atoms with van der Waals surface area (Å²) in [5, 5.41) is 8.49. The zero-order chi connectivity index (χ0) is 18.6. The first-order valence-corrected chi connectivity index (χ1v) is 10.7. The Hall–Kier alpha value is -1.10. The van der Waals surface area contributed by atoms with Crippen LogP contribution >= 0.6 is 23.2 Å². The quantitative estimate of drug-likeness (QED) is 0.771. The van der Waals surface area contributed by atoms with Gasteiger partial charge in [0.1, 0.15) is 0 Å². The van der Waals surface area contributed by atoms with E-state index in [0.29, 0.717) is 22.0 Å². The first-order chi connectivity index (χ1) is 13.2. The normalized spacial score (nSPS) is 23.2. The summed E-state index contributed by atoms with van der Waals surface area (Å²) in [6.45, 7) is 6.69. The Morgan fingerprint density at radius 1 is 0.963 bits per heavy atom. The number of hydrogen-bond acceptors (Lipinski definition) is 3. The number of nitrogens with one attached hydrogen (secondary N) is 2. The van der Waals surface area contributed by atoms with Crippen LogP contribution in [-0.2, 0) is 0 Å². The summed E-state index contributed by atoms with van der Waals surface area (Å²) in [6.07, 6.45) is 2.27. The van der Waals surface area contributed by atoms with Gasteiger partial charge in [0.05, 0.1) is 10.0 Å². The van der Waals surface area contributed by atoms with Crippen molar-refractivity contribution >= 4 is 23.2 Å². The van der Waals surface area contributed by atoms with Crippen LogP contribution in [0.4, 0.5) is 0 Å². The predicted molar refractivity (Wildman–Crippen MR) is 114 cm³/mol. The Morgan fingerprint density at radius 2 is 1.74 bits per heavy atom. The summed E-state index contributed by atoms with van der Waals surface area (Å²) in [5.41, 5.74) is 4.11. The van der Waals surface area contributed by atoms with Gasteiger partial charge in [-0.05, 0) is 41.7 Å². The molecule has 0 unspecified atom stereocenters. The van der Waals surface area contributed by atoms with Crippen molar-refractivity contribution in [2.45, 2.75) is 24.8 Å². The van der Waals surface area contributed by atoms with E-state index in [0.717, 1.165) is 52.1 Å². The van der Waals surface area contributed by atoms with Gasteiger partial charge in [-0.25, -0.2) is 0 Å². The van der Waals surface area contributed by atoms with E-state index in [9.17, 15) is 0 Å². The SMILES string of the molecule is Clc1ccc([C@@H]2CC[C@@H](NCCN3CCNCC3)c3ccccc32)cc1Cl. The molecule has 2 N–H and O–H groups in total. The van der Waals surface area contributed by atoms with Crippen molar-refractivity contribution in [3.05, 3.63) is 69.2 Å². The van der Waals surface area contributed by atoms with Crippen LogP contribution in [0, 0.1) is 0 Å². The monoisotopic (exact) mass is 403 g/mol. The fourth-order valence-corrected chi connectivity index (χ4v) is 4.72. The van der Waals surface area contributed by atoms with E-state index in [4.69, 9.17) is 23.2 Å². The number of halogens is 2. The molecule has 0 amide bonds. The lowest BCUT2D eigenvalue weighted by Gasteiger charge is -2.34. The maximum Gasteiger partial charge on any atom is 0.0595 e. The van der Waals surface area contributed by atoms with Crippen molar-refractivity contribution in [2.24, 2.45) is 0 Å². The van der Waals surface area contributed by atoms with Crippen molar-refractivity contribution in [2.75, 3.05) is 39.3 Å². The third-order valence-electron chi connectivity index (χ3n) is 5.87. The Bertz CT molecular complexity index is 774.